The molecule has 1 aromatic heterocycles. The van der Waals surface area contributed by atoms with Crippen LogP contribution in [0.25, 0.3) is 0 Å². The molecule has 138 valence electrons. The topological polar surface area (TPSA) is 54.0 Å². The lowest BCUT2D eigenvalue weighted by molar-refractivity contribution is 0.251. The van der Waals surface area contributed by atoms with Gasteiger partial charge in [-0.2, -0.15) is 0 Å². The number of urea groups is 1. The molecule has 0 fully saturated rings. The predicted octanol–water partition coefficient (Wildman–Crippen LogP) is 4.97. The van der Waals surface area contributed by atoms with Gasteiger partial charge in [0.25, 0.3) is 0 Å². The van der Waals surface area contributed by atoms with Crippen molar-refractivity contribution in [1.29, 1.82) is 0 Å². The van der Waals surface area contributed by atoms with Crippen molar-refractivity contribution in [2.24, 2.45) is 0 Å². The fraction of sp³-hybridized carbons (Fsp3) is 0.100. The van der Waals surface area contributed by atoms with Gasteiger partial charge in [0.2, 0.25) is 0 Å². The van der Waals surface area contributed by atoms with E-state index in [1.807, 2.05) is 36.4 Å². The summed E-state index contributed by atoms with van der Waals surface area (Å²) < 4.78 is 26.3. The molecule has 2 aromatic carbocycles. The maximum Gasteiger partial charge on any atom is 0.319 e. The molecule has 0 aliphatic carbocycles. The number of nitrogens with zero attached hydrogens (tertiary/aromatic N) is 1. The highest BCUT2D eigenvalue weighted by Gasteiger charge is 2.05. The minimum atomic E-state index is -0.676. The Morgan fingerprint density at radius 3 is 2.52 bits per heavy atom. The van der Waals surface area contributed by atoms with E-state index in [1.165, 1.54) is 12.1 Å². The molecule has 0 unspecified atom stereocenters. The summed E-state index contributed by atoms with van der Waals surface area (Å²) in [6, 6.07) is 15.9. The summed E-state index contributed by atoms with van der Waals surface area (Å²) >= 11 is 1.60. The second-order valence-electron chi connectivity index (χ2n) is 5.74. The van der Waals surface area contributed by atoms with Crippen LogP contribution in [-0.4, -0.2) is 11.0 Å². The first-order valence-electron chi connectivity index (χ1n) is 8.21. The zero-order valence-electron chi connectivity index (χ0n) is 14.3. The Kier molecular flexibility index (Phi) is 6.38. The minimum Gasteiger partial charge on any atom is -0.334 e. The van der Waals surface area contributed by atoms with Gasteiger partial charge in [0.1, 0.15) is 11.6 Å². The number of amides is 2. The van der Waals surface area contributed by atoms with Crippen LogP contribution in [0.3, 0.4) is 0 Å². The summed E-state index contributed by atoms with van der Waals surface area (Å²) in [5.41, 5.74) is 2.02. The molecule has 1 heterocycles. The van der Waals surface area contributed by atoms with Gasteiger partial charge in [-0.3, -0.25) is 0 Å². The molecule has 0 aliphatic heterocycles. The molecule has 0 atom stereocenters. The molecule has 0 saturated heterocycles. The smallest absolute Gasteiger partial charge is 0.319 e. The third-order valence-corrected chi connectivity index (χ3v) is 4.60. The van der Waals surface area contributed by atoms with Crippen LogP contribution in [0, 0.1) is 11.6 Å². The lowest BCUT2D eigenvalue weighted by atomic mass is 10.2. The fourth-order valence-electron chi connectivity index (χ4n) is 2.40. The van der Waals surface area contributed by atoms with Crippen molar-refractivity contribution in [1.82, 2.24) is 10.3 Å². The number of carbonyl (C=O) groups excluding carboxylic acids is 1. The highest BCUT2D eigenvalue weighted by atomic mass is 32.2. The van der Waals surface area contributed by atoms with Gasteiger partial charge in [0, 0.05) is 30.2 Å². The average molecular weight is 385 g/mol. The first-order chi connectivity index (χ1) is 13.1. The average Bonchev–Trinajstić information content (AvgIpc) is 2.65. The summed E-state index contributed by atoms with van der Waals surface area (Å²) in [6.45, 7) is 0.0235. The van der Waals surface area contributed by atoms with Crippen LogP contribution < -0.4 is 10.6 Å². The van der Waals surface area contributed by atoms with Crippen LogP contribution in [0.15, 0.2) is 71.9 Å². The Morgan fingerprint density at radius 2 is 1.78 bits per heavy atom. The Morgan fingerprint density at radius 1 is 0.963 bits per heavy atom. The van der Waals surface area contributed by atoms with E-state index in [9.17, 15) is 13.6 Å². The van der Waals surface area contributed by atoms with E-state index >= 15 is 0 Å². The largest absolute Gasteiger partial charge is 0.334 e. The molecule has 4 nitrogen and oxygen atoms in total. The van der Waals surface area contributed by atoms with Crippen molar-refractivity contribution in [3.8, 4) is 0 Å². The van der Waals surface area contributed by atoms with Gasteiger partial charge < -0.3 is 10.6 Å². The second-order valence-corrected chi connectivity index (χ2v) is 6.74. The van der Waals surface area contributed by atoms with Crippen molar-refractivity contribution < 1.29 is 13.6 Å². The first kappa shape index (κ1) is 18.8. The monoisotopic (exact) mass is 385 g/mol. The van der Waals surface area contributed by atoms with Crippen LogP contribution in [0.4, 0.5) is 19.3 Å². The second kappa shape index (κ2) is 9.14. The van der Waals surface area contributed by atoms with Gasteiger partial charge in [-0.15, -0.1) is 11.8 Å². The summed E-state index contributed by atoms with van der Waals surface area (Å²) in [7, 11) is 0. The van der Waals surface area contributed by atoms with E-state index in [0.29, 0.717) is 11.3 Å². The number of aromatic nitrogens is 1. The number of nitrogens with one attached hydrogen (secondary N) is 2. The van der Waals surface area contributed by atoms with Crippen LogP contribution in [-0.2, 0) is 12.3 Å². The summed E-state index contributed by atoms with van der Waals surface area (Å²) in [4.78, 5) is 16.3. The Bertz CT molecular complexity index is 902. The van der Waals surface area contributed by atoms with Crippen LogP contribution in [0.2, 0.25) is 0 Å². The summed E-state index contributed by atoms with van der Waals surface area (Å²) in [5, 5.41) is 6.22. The molecule has 2 N–H and O–H groups in total. The van der Waals surface area contributed by atoms with E-state index in [-0.39, 0.29) is 6.54 Å². The van der Waals surface area contributed by atoms with Gasteiger partial charge in [-0.1, -0.05) is 18.2 Å². The maximum atomic E-state index is 13.2. The van der Waals surface area contributed by atoms with Crippen molar-refractivity contribution in [2.45, 2.75) is 17.3 Å². The third kappa shape index (κ3) is 6.07. The van der Waals surface area contributed by atoms with Crippen LogP contribution in [0.5, 0.6) is 0 Å². The lowest BCUT2D eigenvalue weighted by Gasteiger charge is -2.09. The van der Waals surface area contributed by atoms with Gasteiger partial charge in [0.15, 0.2) is 0 Å². The van der Waals surface area contributed by atoms with Gasteiger partial charge in [-0.05, 0) is 47.5 Å². The third-order valence-electron chi connectivity index (χ3n) is 3.58. The standard InChI is InChI=1S/C20H17F2N3OS/c21-16-8-15(9-17(22)11-16)12-24-20(26)25-18-5-3-4-14(10-18)13-27-19-6-1-2-7-23-19/h1-11H,12-13H2,(H2,24,25,26). The number of pyridine rings is 1. The highest BCUT2D eigenvalue weighted by Crippen LogP contribution is 2.22. The van der Waals surface area contributed by atoms with Gasteiger partial charge in [-0.25, -0.2) is 18.6 Å². The summed E-state index contributed by atoms with van der Waals surface area (Å²) in [5.74, 6) is -0.632. The SMILES string of the molecule is O=C(NCc1cc(F)cc(F)c1)Nc1cccc(CSc2ccccn2)c1. The normalized spacial score (nSPS) is 10.4. The van der Waals surface area contributed by atoms with Crippen molar-refractivity contribution in [3.63, 3.8) is 0 Å². The Hall–Kier alpha value is -2.93. The number of hydrogen-bond donors (Lipinski definition) is 2. The van der Waals surface area contributed by atoms with Crippen molar-refractivity contribution in [2.75, 3.05) is 5.32 Å². The molecule has 27 heavy (non-hydrogen) atoms. The lowest BCUT2D eigenvalue weighted by Crippen LogP contribution is -2.28. The minimum absolute atomic E-state index is 0.0235. The molecule has 0 spiro atoms. The molecule has 3 aromatic rings. The van der Waals surface area contributed by atoms with Crippen molar-refractivity contribution in [3.05, 3.63) is 89.6 Å². The molecule has 0 bridgehead atoms. The number of carbonyl (C=O) groups is 1. The molecule has 0 aliphatic rings. The first-order valence-corrected chi connectivity index (χ1v) is 9.20. The van der Waals surface area contributed by atoms with E-state index in [4.69, 9.17) is 0 Å². The molecule has 0 radical (unpaired) electrons. The zero-order chi connectivity index (χ0) is 19.1. The van der Waals surface area contributed by atoms with Gasteiger partial charge >= 0.3 is 6.03 Å². The fourth-order valence-corrected chi connectivity index (χ4v) is 3.20. The van der Waals surface area contributed by atoms with Gasteiger partial charge in [0.05, 0.1) is 5.03 Å². The van der Waals surface area contributed by atoms with E-state index in [0.717, 1.165) is 22.4 Å². The molecule has 0 saturated carbocycles. The van der Waals surface area contributed by atoms with Crippen LogP contribution >= 0.6 is 11.8 Å². The Balaban J connectivity index is 1.53. The summed E-state index contributed by atoms with van der Waals surface area (Å²) in [6.07, 6.45) is 1.75. The van der Waals surface area contributed by atoms with E-state index < -0.39 is 17.7 Å². The molecule has 2 amide bonds. The van der Waals surface area contributed by atoms with E-state index in [2.05, 4.69) is 15.6 Å². The molecular weight excluding hydrogens is 368 g/mol. The number of anilines is 1. The number of hydrogen-bond acceptors (Lipinski definition) is 3. The van der Waals surface area contributed by atoms with Crippen LogP contribution in [0.1, 0.15) is 11.1 Å². The molecular formula is C20H17F2N3OS. The maximum absolute atomic E-state index is 13.2. The van der Waals surface area contributed by atoms with E-state index in [1.54, 1.807) is 24.0 Å². The quantitative estimate of drug-likeness (QED) is 0.589. The predicted molar refractivity (Wildman–Crippen MR) is 102 cm³/mol. The number of rotatable bonds is 6. The number of thioether (sulfide) groups is 1. The highest BCUT2D eigenvalue weighted by molar-refractivity contribution is 7.98. The molecule has 7 heteroatoms. The molecule has 3 rings (SSSR count). The zero-order valence-corrected chi connectivity index (χ0v) is 15.1. The number of benzene rings is 2. The number of halogens is 2. The Labute approximate surface area is 160 Å². The van der Waals surface area contributed by atoms with Crippen molar-refractivity contribution >= 4 is 23.5 Å².